The number of fused-ring (bicyclic) bond motifs is 2. The fourth-order valence-corrected chi connectivity index (χ4v) is 6.53. The van der Waals surface area contributed by atoms with Gasteiger partial charge in [0, 0.05) is 61.7 Å². The Labute approximate surface area is 215 Å². The zero-order valence-corrected chi connectivity index (χ0v) is 21.3. The molecule has 37 heavy (non-hydrogen) atoms. The van der Waals surface area contributed by atoms with Gasteiger partial charge in [-0.15, -0.1) is 0 Å². The van der Waals surface area contributed by atoms with Crippen molar-refractivity contribution in [3.05, 3.63) is 70.3 Å². The third kappa shape index (κ3) is 4.05. The third-order valence-electron chi connectivity index (χ3n) is 8.94. The average Bonchev–Trinajstić information content (AvgIpc) is 3.18. The van der Waals surface area contributed by atoms with Crippen LogP contribution >= 0.6 is 0 Å². The van der Waals surface area contributed by atoms with E-state index in [0.29, 0.717) is 43.6 Å². The molecule has 1 unspecified atom stereocenters. The van der Waals surface area contributed by atoms with E-state index in [1.807, 2.05) is 26.0 Å². The number of β-amino-alcohol motifs (C(OH)–C–C–N with tert-alkyl or cyclic N) is 1. The van der Waals surface area contributed by atoms with E-state index in [9.17, 15) is 23.5 Å². The van der Waals surface area contributed by atoms with Crippen molar-refractivity contribution in [1.29, 1.82) is 0 Å². The van der Waals surface area contributed by atoms with Crippen LogP contribution in [0, 0.1) is 5.41 Å². The van der Waals surface area contributed by atoms with E-state index in [-0.39, 0.29) is 37.4 Å². The number of carbonyl (C=O) groups is 2. The molecule has 8 heteroatoms. The molecule has 196 valence electrons. The van der Waals surface area contributed by atoms with Gasteiger partial charge in [0.25, 0.3) is 17.7 Å². The minimum absolute atomic E-state index is 0.0869. The van der Waals surface area contributed by atoms with Crippen molar-refractivity contribution in [3.63, 3.8) is 0 Å². The molecule has 0 bridgehead atoms. The number of halogens is 2. The number of nitrogens with one attached hydrogen (secondary N) is 1. The van der Waals surface area contributed by atoms with Crippen molar-refractivity contribution in [1.82, 2.24) is 15.1 Å². The van der Waals surface area contributed by atoms with Gasteiger partial charge in [-0.3, -0.25) is 9.59 Å². The second-order valence-corrected chi connectivity index (χ2v) is 12.0. The maximum Gasteiger partial charge on any atom is 0.256 e. The Kier molecular flexibility index (Phi) is 5.52. The van der Waals surface area contributed by atoms with Crippen LogP contribution in [0.3, 0.4) is 0 Å². The van der Waals surface area contributed by atoms with Crippen LogP contribution in [0.1, 0.15) is 64.1 Å². The number of nitrogens with zero attached hydrogens (tertiary/aromatic N) is 2. The lowest BCUT2D eigenvalue weighted by Gasteiger charge is -2.41. The van der Waals surface area contributed by atoms with Crippen molar-refractivity contribution in [2.45, 2.75) is 63.1 Å². The monoisotopic (exact) mass is 509 g/mol. The number of rotatable bonds is 4. The number of amides is 2. The summed E-state index contributed by atoms with van der Waals surface area (Å²) >= 11 is 0. The molecular weight excluding hydrogens is 476 g/mol. The van der Waals surface area contributed by atoms with E-state index in [1.54, 1.807) is 23.1 Å². The molecule has 2 amide bonds. The maximum absolute atomic E-state index is 13.8. The fraction of sp³-hybridized carbons (Fsp3) is 0.517. The predicted octanol–water partition coefficient (Wildman–Crippen LogP) is 3.37. The highest BCUT2D eigenvalue weighted by Gasteiger charge is 2.73. The topological polar surface area (TPSA) is 72.9 Å². The number of hydrogen-bond donors (Lipinski definition) is 2. The van der Waals surface area contributed by atoms with Crippen LogP contribution in [0.4, 0.5) is 8.78 Å². The molecule has 3 atom stereocenters. The molecule has 1 spiro atoms. The Morgan fingerprint density at radius 3 is 2.59 bits per heavy atom. The third-order valence-corrected chi connectivity index (χ3v) is 8.94. The van der Waals surface area contributed by atoms with Gasteiger partial charge in [0.1, 0.15) is 0 Å². The summed E-state index contributed by atoms with van der Waals surface area (Å²) in [5, 5.41) is 14.5. The Morgan fingerprint density at radius 1 is 1.16 bits per heavy atom. The highest BCUT2D eigenvalue weighted by Crippen LogP contribution is 2.65. The van der Waals surface area contributed by atoms with Gasteiger partial charge in [-0.2, -0.15) is 0 Å². The standard InChI is InChI=1S/C29H33F2N3O3/c1-27(2)16-34(14-24(35)23-12-18-5-3-4-6-20(18)13-32-23)26(37)21-8-7-19(11-22(21)27)25(36)33-10-9-28(17-33)15-29(28,30)31/h3-8,11,23-24,32,35H,9-10,12-17H2,1-2H3/t23-,24+,28?/m0/s1. The Morgan fingerprint density at radius 2 is 1.89 bits per heavy atom. The number of hydrogen-bond acceptors (Lipinski definition) is 4. The van der Waals surface area contributed by atoms with Crippen molar-refractivity contribution in [2.24, 2.45) is 5.41 Å². The van der Waals surface area contributed by atoms with Crippen molar-refractivity contribution in [3.8, 4) is 0 Å². The summed E-state index contributed by atoms with van der Waals surface area (Å²) in [6, 6.07) is 13.1. The van der Waals surface area contributed by atoms with Gasteiger partial charge in [-0.05, 0) is 47.7 Å². The molecule has 2 aromatic carbocycles. The van der Waals surface area contributed by atoms with Crippen LogP contribution in [0.25, 0.3) is 0 Å². The Balaban J connectivity index is 1.17. The number of carbonyl (C=O) groups excluding carboxylic acids is 2. The Bertz CT molecular complexity index is 1280. The first-order valence-electron chi connectivity index (χ1n) is 13.1. The molecule has 2 fully saturated rings. The number of benzene rings is 2. The molecule has 4 aliphatic rings. The second kappa shape index (κ2) is 8.33. The molecular formula is C29H33F2N3O3. The van der Waals surface area contributed by atoms with Crippen LogP contribution in [0.2, 0.25) is 0 Å². The van der Waals surface area contributed by atoms with Crippen molar-refractivity contribution < 1.29 is 23.5 Å². The van der Waals surface area contributed by atoms with Crippen LogP contribution in [-0.4, -0.2) is 71.0 Å². The van der Waals surface area contributed by atoms with Gasteiger partial charge in [0.05, 0.1) is 11.5 Å². The molecule has 1 aliphatic carbocycles. The Hall–Kier alpha value is -2.84. The van der Waals surface area contributed by atoms with Gasteiger partial charge in [0.15, 0.2) is 0 Å². The van der Waals surface area contributed by atoms with Gasteiger partial charge in [0.2, 0.25) is 0 Å². The summed E-state index contributed by atoms with van der Waals surface area (Å²) in [7, 11) is 0. The first-order valence-corrected chi connectivity index (χ1v) is 13.1. The lowest BCUT2D eigenvalue weighted by Crippen LogP contribution is -2.54. The average molecular weight is 510 g/mol. The molecule has 6 rings (SSSR count). The first-order chi connectivity index (χ1) is 17.5. The summed E-state index contributed by atoms with van der Waals surface area (Å²) in [6.45, 7) is 5.78. The lowest BCUT2D eigenvalue weighted by molar-refractivity contribution is 0.0444. The summed E-state index contributed by atoms with van der Waals surface area (Å²) in [6.07, 6.45) is 0.173. The molecule has 3 heterocycles. The zero-order chi connectivity index (χ0) is 26.2. The summed E-state index contributed by atoms with van der Waals surface area (Å²) < 4.78 is 27.6. The normalized spacial score (nSPS) is 28.1. The van der Waals surface area contributed by atoms with Crippen molar-refractivity contribution >= 4 is 11.8 Å². The minimum Gasteiger partial charge on any atom is -0.390 e. The summed E-state index contributed by atoms with van der Waals surface area (Å²) in [4.78, 5) is 29.8. The quantitative estimate of drug-likeness (QED) is 0.663. The van der Waals surface area contributed by atoms with Gasteiger partial charge >= 0.3 is 0 Å². The molecule has 0 radical (unpaired) electrons. The SMILES string of the molecule is CC1(C)CN(C[C@@H](O)[C@@H]2Cc3ccccc3CN2)C(=O)c2ccc(C(=O)N3CCC4(C3)CC4(F)F)cc21. The smallest absolute Gasteiger partial charge is 0.256 e. The largest absolute Gasteiger partial charge is 0.390 e. The van der Waals surface area contributed by atoms with E-state index in [4.69, 9.17) is 0 Å². The number of likely N-dealkylation sites (tertiary alicyclic amines) is 1. The van der Waals surface area contributed by atoms with E-state index in [0.717, 1.165) is 5.56 Å². The molecule has 6 nitrogen and oxygen atoms in total. The highest BCUT2D eigenvalue weighted by atomic mass is 19.3. The fourth-order valence-electron chi connectivity index (χ4n) is 6.53. The highest BCUT2D eigenvalue weighted by molar-refractivity contribution is 6.00. The number of alkyl halides is 2. The number of aliphatic hydroxyl groups excluding tert-OH is 1. The minimum atomic E-state index is -2.67. The maximum atomic E-state index is 13.8. The predicted molar refractivity (Wildman–Crippen MR) is 135 cm³/mol. The molecule has 2 N–H and O–H groups in total. The zero-order valence-electron chi connectivity index (χ0n) is 21.3. The van der Waals surface area contributed by atoms with E-state index < -0.39 is 22.9 Å². The molecule has 0 aromatic heterocycles. The molecule has 2 aromatic rings. The van der Waals surface area contributed by atoms with Gasteiger partial charge < -0.3 is 20.2 Å². The van der Waals surface area contributed by atoms with Gasteiger partial charge in [-0.1, -0.05) is 38.1 Å². The van der Waals surface area contributed by atoms with Crippen LogP contribution < -0.4 is 5.32 Å². The van der Waals surface area contributed by atoms with E-state index in [1.165, 1.54) is 16.0 Å². The number of aliphatic hydroxyl groups is 1. The first kappa shape index (κ1) is 24.5. The summed E-state index contributed by atoms with van der Waals surface area (Å²) in [5.74, 6) is -3.09. The van der Waals surface area contributed by atoms with E-state index >= 15 is 0 Å². The summed E-state index contributed by atoms with van der Waals surface area (Å²) in [5.41, 5.74) is 2.70. The lowest BCUT2D eigenvalue weighted by atomic mass is 9.77. The second-order valence-electron chi connectivity index (χ2n) is 12.0. The van der Waals surface area contributed by atoms with Crippen LogP contribution in [0.5, 0.6) is 0 Å². The van der Waals surface area contributed by atoms with Crippen LogP contribution in [-0.2, 0) is 18.4 Å². The molecule has 3 aliphatic heterocycles. The van der Waals surface area contributed by atoms with Crippen molar-refractivity contribution in [2.75, 3.05) is 26.2 Å². The van der Waals surface area contributed by atoms with Gasteiger partial charge in [-0.25, -0.2) is 8.78 Å². The molecule has 1 saturated heterocycles. The molecule has 1 saturated carbocycles. The van der Waals surface area contributed by atoms with Crippen LogP contribution in [0.15, 0.2) is 42.5 Å². The van der Waals surface area contributed by atoms with E-state index in [2.05, 4.69) is 17.4 Å².